The number of nitrogens with one attached hydrogen (secondary N) is 3. The van der Waals surface area contributed by atoms with Crippen LogP contribution in [0.2, 0.25) is 0 Å². The normalized spacial score (nSPS) is 11.0. The number of rotatable bonds is 6. The lowest BCUT2D eigenvalue weighted by atomic mass is 10.1. The Balaban J connectivity index is 1.46. The monoisotopic (exact) mass is 385 g/mol. The molecule has 0 aliphatic carbocycles. The van der Waals surface area contributed by atoms with Crippen LogP contribution in [-0.4, -0.2) is 27.2 Å². The number of nitrogens with zero attached hydrogens (tertiary/aromatic N) is 3. The van der Waals surface area contributed by atoms with Crippen molar-refractivity contribution in [1.82, 2.24) is 15.0 Å². The molecule has 0 bridgehead atoms. The number of carbonyl (C=O) groups excluding carboxylic acids is 1. The number of aromatic amines is 1. The number of carbonyl (C=O) groups is 1. The number of imidazole rings is 1. The number of benzene rings is 2. The summed E-state index contributed by atoms with van der Waals surface area (Å²) in [4.78, 5) is 28.1. The van der Waals surface area contributed by atoms with E-state index in [-0.39, 0.29) is 5.91 Å². The molecule has 2 heterocycles. The number of nitrogen functional groups attached to an aromatic ring is 1. The van der Waals surface area contributed by atoms with Gasteiger partial charge in [0.1, 0.15) is 0 Å². The smallest absolute Gasteiger partial charge is 0.260 e. The third kappa shape index (κ3) is 4.22. The van der Waals surface area contributed by atoms with Gasteiger partial charge in [-0.15, -0.1) is 0 Å². The van der Waals surface area contributed by atoms with Crippen LogP contribution in [0.25, 0.3) is 10.8 Å². The largest absolute Gasteiger partial charge is 0.397 e. The van der Waals surface area contributed by atoms with Crippen molar-refractivity contribution in [3.8, 4) is 0 Å². The fourth-order valence-corrected chi connectivity index (χ4v) is 2.89. The first-order valence-electron chi connectivity index (χ1n) is 8.98. The molecule has 0 saturated heterocycles. The van der Waals surface area contributed by atoms with E-state index >= 15 is 0 Å². The summed E-state index contributed by atoms with van der Waals surface area (Å²) in [5.74, 6) is 0.0266. The topological polar surface area (TPSA) is 121 Å². The maximum atomic E-state index is 12.5. The minimum absolute atomic E-state index is 0.334. The molecule has 1 amide bonds. The zero-order valence-corrected chi connectivity index (χ0v) is 15.5. The van der Waals surface area contributed by atoms with E-state index in [9.17, 15) is 4.79 Å². The molecule has 0 aliphatic rings. The van der Waals surface area contributed by atoms with E-state index in [0.717, 1.165) is 16.5 Å². The summed E-state index contributed by atoms with van der Waals surface area (Å²) in [6.45, 7) is 0.401. The van der Waals surface area contributed by atoms with Crippen molar-refractivity contribution in [2.24, 2.45) is 4.99 Å². The summed E-state index contributed by atoms with van der Waals surface area (Å²) >= 11 is 0. The molecule has 29 heavy (non-hydrogen) atoms. The van der Waals surface area contributed by atoms with Gasteiger partial charge >= 0.3 is 0 Å². The molecule has 0 spiro atoms. The maximum absolute atomic E-state index is 12.5. The van der Waals surface area contributed by atoms with Gasteiger partial charge < -0.3 is 16.0 Å². The van der Waals surface area contributed by atoms with E-state index in [1.54, 1.807) is 30.6 Å². The number of anilines is 3. The fourth-order valence-electron chi connectivity index (χ4n) is 2.89. The predicted molar refractivity (Wildman–Crippen MR) is 115 cm³/mol. The van der Waals surface area contributed by atoms with Crippen LogP contribution in [0, 0.1) is 0 Å². The molecule has 0 atom stereocenters. The van der Waals surface area contributed by atoms with Gasteiger partial charge in [-0.1, -0.05) is 30.3 Å². The average Bonchev–Trinajstić information content (AvgIpc) is 3.25. The number of pyridine rings is 1. The lowest BCUT2D eigenvalue weighted by Gasteiger charge is -2.11. The number of aliphatic imine (C=N–C) groups is 1. The Kier molecular flexibility index (Phi) is 5.15. The van der Waals surface area contributed by atoms with Gasteiger partial charge in [0.15, 0.2) is 0 Å². The summed E-state index contributed by atoms with van der Waals surface area (Å²) in [5, 5.41) is 7.90. The third-order valence-electron chi connectivity index (χ3n) is 4.31. The Morgan fingerprint density at radius 2 is 2.00 bits per heavy atom. The van der Waals surface area contributed by atoms with E-state index in [1.807, 2.05) is 36.5 Å². The van der Waals surface area contributed by atoms with Gasteiger partial charge in [-0.25, -0.2) is 4.98 Å². The molecule has 4 rings (SSSR count). The van der Waals surface area contributed by atoms with Gasteiger partial charge in [-0.2, -0.15) is 0 Å². The third-order valence-corrected chi connectivity index (χ3v) is 4.31. The summed E-state index contributed by atoms with van der Waals surface area (Å²) in [6, 6.07) is 15.1. The van der Waals surface area contributed by atoms with Crippen LogP contribution in [-0.2, 0) is 6.54 Å². The standard InChI is InChI=1S/C21H19N7O/c22-18-7-3-6-17(20(29)28-21-24-8-9-25-21)19(18)27-13-23-12-16-10-14-4-1-2-5-15(14)11-26-16/h1-11,13H,12,22H2,(H,23,27)(H2,24,25,28,29). The second-order valence-electron chi connectivity index (χ2n) is 6.30. The fraction of sp³-hybridized carbons (Fsp3) is 0.0476. The Morgan fingerprint density at radius 3 is 2.83 bits per heavy atom. The Labute approximate surface area is 166 Å². The molecule has 0 saturated carbocycles. The molecule has 8 heteroatoms. The molecule has 4 aromatic rings. The van der Waals surface area contributed by atoms with Crippen LogP contribution in [0.5, 0.6) is 0 Å². The number of para-hydroxylation sites is 1. The summed E-state index contributed by atoms with van der Waals surface area (Å²) in [6.07, 6.45) is 6.54. The lowest BCUT2D eigenvalue weighted by molar-refractivity contribution is 0.102. The van der Waals surface area contributed by atoms with Gasteiger partial charge in [0.25, 0.3) is 5.91 Å². The van der Waals surface area contributed by atoms with Crippen LogP contribution >= 0.6 is 0 Å². The highest BCUT2D eigenvalue weighted by molar-refractivity contribution is 6.10. The van der Waals surface area contributed by atoms with E-state index in [0.29, 0.717) is 29.4 Å². The molecular weight excluding hydrogens is 366 g/mol. The number of fused-ring (bicyclic) bond motifs is 1. The van der Waals surface area contributed by atoms with Crippen LogP contribution in [0.15, 0.2) is 72.1 Å². The van der Waals surface area contributed by atoms with Crippen LogP contribution < -0.4 is 16.4 Å². The van der Waals surface area contributed by atoms with Crippen LogP contribution in [0.1, 0.15) is 16.1 Å². The zero-order valence-electron chi connectivity index (χ0n) is 15.5. The van der Waals surface area contributed by atoms with Gasteiger partial charge in [0.2, 0.25) is 5.95 Å². The van der Waals surface area contributed by atoms with Crippen molar-refractivity contribution in [2.45, 2.75) is 6.54 Å². The molecule has 0 fully saturated rings. The molecule has 2 aromatic heterocycles. The number of hydrogen-bond acceptors (Lipinski definition) is 5. The maximum Gasteiger partial charge on any atom is 0.260 e. The Bertz CT molecular complexity index is 1170. The molecule has 5 N–H and O–H groups in total. The van der Waals surface area contributed by atoms with Gasteiger partial charge in [-0.3, -0.25) is 20.1 Å². The van der Waals surface area contributed by atoms with Crippen LogP contribution in [0.3, 0.4) is 0 Å². The zero-order chi connectivity index (χ0) is 20.1. The number of amides is 1. The highest BCUT2D eigenvalue weighted by atomic mass is 16.1. The van der Waals surface area contributed by atoms with E-state index in [1.165, 1.54) is 6.34 Å². The van der Waals surface area contributed by atoms with E-state index < -0.39 is 0 Å². The van der Waals surface area contributed by atoms with E-state index in [4.69, 9.17) is 5.73 Å². The van der Waals surface area contributed by atoms with Crippen molar-refractivity contribution in [3.63, 3.8) is 0 Å². The first-order valence-corrected chi connectivity index (χ1v) is 8.98. The SMILES string of the molecule is Nc1cccc(C(=O)Nc2ncc[nH]2)c1NC=NCc1cc2ccccc2cn1. The molecule has 0 radical (unpaired) electrons. The average molecular weight is 385 g/mol. The highest BCUT2D eigenvalue weighted by Crippen LogP contribution is 2.23. The Morgan fingerprint density at radius 1 is 1.14 bits per heavy atom. The summed E-state index contributed by atoms with van der Waals surface area (Å²) in [7, 11) is 0. The minimum Gasteiger partial charge on any atom is -0.397 e. The van der Waals surface area contributed by atoms with Gasteiger partial charge in [0.05, 0.1) is 35.5 Å². The van der Waals surface area contributed by atoms with Crippen LogP contribution in [0.4, 0.5) is 17.3 Å². The molecule has 0 aliphatic heterocycles. The summed E-state index contributed by atoms with van der Waals surface area (Å²) < 4.78 is 0. The summed E-state index contributed by atoms with van der Waals surface area (Å²) in [5.41, 5.74) is 8.20. The first kappa shape index (κ1) is 18.2. The van der Waals surface area contributed by atoms with Crippen molar-refractivity contribution in [2.75, 3.05) is 16.4 Å². The Hall–Kier alpha value is -4.20. The van der Waals surface area contributed by atoms with Crippen molar-refractivity contribution >= 4 is 40.3 Å². The number of hydrogen-bond donors (Lipinski definition) is 4. The second kappa shape index (κ2) is 8.22. The molecule has 2 aromatic carbocycles. The van der Waals surface area contributed by atoms with Crippen molar-refractivity contribution in [3.05, 3.63) is 78.4 Å². The first-order chi connectivity index (χ1) is 14.2. The van der Waals surface area contributed by atoms with Gasteiger partial charge in [0, 0.05) is 24.0 Å². The van der Waals surface area contributed by atoms with Crippen molar-refractivity contribution < 1.29 is 4.79 Å². The lowest BCUT2D eigenvalue weighted by Crippen LogP contribution is -2.16. The molecular formula is C21H19N7O. The van der Waals surface area contributed by atoms with E-state index in [2.05, 4.69) is 30.6 Å². The van der Waals surface area contributed by atoms with Crippen molar-refractivity contribution in [1.29, 1.82) is 0 Å². The quantitative estimate of drug-likeness (QED) is 0.230. The highest BCUT2D eigenvalue weighted by Gasteiger charge is 2.14. The number of nitrogens with two attached hydrogens (primary N) is 1. The minimum atomic E-state index is -0.334. The number of H-pyrrole nitrogens is 1. The molecule has 8 nitrogen and oxygen atoms in total. The van der Waals surface area contributed by atoms with Gasteiger partial charge in [-0.05, 0) is 23.6 Å². The number of aromatic nitrogens is 3. The molecule has 0 unspecified atom stereocenters. The predicted octanol–water partition coefficient (Wildman–Crippen LogP) is 3.43. The second-order valence-corrected chi connectivity index (χ2v) is 6.30. The molecule has 144 valence electrons.